The fourth-order valence-electron chi connectivity index (χ4n) is 2.22. The number of amides is 1. The van der Waals surface area contributed by atoms with Crippen LogP contribution in [-0.4, -0.2) is 39.6 Å². The van der Waals surface area contributed by atoms with Crippen LogP contribution in [0.25, 0.3) is 11.3 Å². The Morgan fingerprint density at radius 2 is 2.12 bits per heavy atom. The van der Waals surface area contributed by atoms with Crippen LogP contribution in [0.4, 0.5) is 5.82 Å². The van der Waals surface area contributed by atoms with Gasteiger partial charge < -0.3 is 10.1 Å². The van der Waals surface area contributed by atoms with Crippen LogP contribution < -0.4 is 5.32 Å². The van der Waals surface area contributed by atoms with Gasteiger partial charge in [-0.05, 0) is 12.1 Å². The molecule has 0 fully saturated rings. The molecule has 0 atom stereocenters. The van der Waals surface area contributed by atoms with E-state index in [1.54, 1.807) is 36.2 Å². The number of nitrogens with zero attached hydrogens (tertiary/aromatic N) is 3. The first kappa shape index (κ1) is 16.2. The second kappa shape index (κ2) is 7.29. The van der Waals surface area contributed by atoms with E-state index in [-0.39, 0.29) is 5.91 Å². The quantitative estimate of drug-likeness (QED) is 0.719. The maximum Gasteiger partial charge on any atom is 0.260 e. The zero-order valence-electron chi connectivity index (χ0n) is 13.0. The van der Waals surface area contributed by atoms with Gasteiger partial charge in [-0.25, -0.2) is 0 Å². The van der Waals surface area contributed by atoms with Crippen molar-refractivity contribution >= 4 is 23.3 Å². The van der Waals surface area contributed by atoms with Gasteiger partial charge in [0, 0.05) is 30.0 Å². The summed E-state index contributed by atoms with van der Waals surface area (Å²) in [5, 5.41) is 14.5. The lowest BCUT2D eigenvalue weighted by molar-refractivity contribution is 0.102. The van der Waals surface area contributed by atoms with Crippen molar-refractivity contribution in [3.05, 3.63) is 53.3 Å². The highest BCUT2D eigenvalue weighted by atomic mass is 35.5. The van der Waals surface area contributed by atoms with Gasteiger partial charge in [-0.3, -0.25) is 14.6 Å². The Morgan fingerprint density at radius 1 is 1.33 bits per heavy atom. The average molecular weight is 346 g/mol. The summed E-state index contributed by atoms with van der Waals surface area (Å²) >= 11 is 5.90. The lowest BCUT2D eigenvalue weighted by Crippen LogP contribution is -2.13. The van der Waals surface area contributed by atoms with Gasteiger partial charge in [0.25, 0.3) is 5.91 Å². The molecule has 0 radical (unpaired) electrons. The highest BCUT2D eigenvalue weighted by Gasteiger charge is 2.16. The third-order valence-corrected chi connectivity index (χ3v) is 3.68. The van der Waals surface area contributed by atoms with E-state index < -0.39 is 0 Å². The minimum Gasteiger partial charge on any atom is -0.383 e. The Morgan fingerprint density at radius 3 is 2.88 bits per heavy atom. The lowest BCUT2D eigenvalue weighted by atomic mass is 10.1. The number of carbonyl (C=O) groups is 1. The molecule has 1 aromatic carbocycles. The molecule has 0 bridgehead atoms. The molecule has 2 aromatic heterocycles. The molecule has 0 aliphatic heterocycles. The van der Waals surface area contributed by atoms with Crippen LogP contribution >= 0.6 is 11.6 Å². The van der Waals surface area contributed by atoms with E-state index >= 15 is 0 Å². The average Bonchev–Trinajstić information content (AvgIpc) is 3.23. The van der Waals surface area contributed by atoms with Gasteiger partial charge in [0.1, 0.15) is 0 Å². The van der Waals surface area contributed by atoms with Crippen molar-refractivity contribution in [1.29, 1.82) is 0 Å². The molecular formula is C16H16ClN5O2. The molecule has 2 heterocycles. The molecule has 1 amide bonds. The molecule has 3 rings (SSSR count). The number of nitrogens with one attached hydrogen (secondary N) is 2. The first-order valence-electron chi connectivity index (χ1n) is 7.30. The van der Waals surface area contributed by atoms with Gasteiger partial charge in [-0.2, -0.15) is 10.2 Å². The van der Waals surface area contributed by atoms with Gasteiger partial charge in [0.15, 0.2) is 5.82 Å². The topological polar surface area (TPSA) is 84.8 Å². The van der Waals surface area contributed by atoms with Crippen molar-refractivity contribution in [2.24, 2.45) is 0 Å². The van der Waals surface area contributed by atoms with Crippen LogP contribution in [0.3, 0.4) is 0 Å². The summed E-state index contributed by atoms with van der Waals surface area (Å²) in [6.45, 7) is 1.17. The predicted molar refractivity (Wildman–Crippen MR) is 91.1 cm³/mol. The van der Waals surface area contributed by atoms with E-state index in [4.69, 9.17) is 16.3 Å². The number of aromatic nitrogens is 4. The molecule has 0 aliphatic carbocycles. The zero-order valence-corrected chi connectivity index (χ0v) is 13.7. The van der Waals surface area contributed by atoms with Crippen molar-refractivity contribution in [3.8, 4) is 11.3 Å². The van der Waals surface area contributed by atoms with Crippen LogP contribution in [-0.2, 0) is 11.3 Å². The van der Waals surface area contributed by atoms with Crippen molar-refractivity contribution in [1.82, 2.24) is 20.0 Å². The summed E-state index contributed by atoms with van der Waals surface area (Å²) in [5.41, 5.74) is 1.89. The number of rotatable bonds is 6. The second-order valence-electron chi connectivity index (χ2n) is 5.08. The monoisotopic (exact) mass is 345 g/mol. The van der Waals surface area contributed by atoms with Crippen LogP contribution in [0, 0.1) is 0 Å². The number of H-pyrrole nitrogens is 1. The SMILES string of the molecule is COCCn1ccc(NC(=O)c2cn[nH]c2-c2ccc(Cl)cc2)n1. The third-order valence-electron chi connectivity index (χ3n) is 3.42. The molecular weight excluding hydrogens is 330 g/mol. The molecule has 0 spiro atoms. The number of carbonyl (C=O) groups excluding carboxylic acids is 1. The fraction of sp³-hybridized carbons (Fsp3) is 0.188. The molecule has 0 saturated carbocycles. The normalized spacial score (nSPS) is 10.8. The summed E-state index contributed by atoms with van der Waals surface area (Å²) in [6.07, 6.45) is 3.27. The Labute approximate surface area is 143 Å². The molecule has 0 saturated heterocycles. The summed E-state index contributed by atoms with van der Waals surface area (Å²) in [7, 11) is 1.63. The number of anilines is 1. The lowest BCUT2D eigenvalue weighted by Gasteiger charge is -2.04. The van der Waals surface area contributed by atoms with Gasteiger partial charge in [0.2, 0.25) is 0 Å². The predicted octanol–water partition coefficient (Wildman–Crippen LogP) is 2.83. The van der Waals surface area contributed by atoms with E-state index in [1.165, 1.54) is 6.20 Å². The van der Waals surface area contributed by atoms with Gasteiger partial charge >= 0.3 is 0 Å². The highest BCUT2D eigenvalue weighted by molar-refractivity contribution is 6.30. The molecule has 2 N–H and O–H groups in total. The van der Waals surface area contributed by atoms with E-state index in [2.05, 4.69) is 20.6 Å². The van der Waals surface area contributed by atoms with Crippen LogP contribution in [0.15, 0.2) is 42.7 Å². The number of methoxy groups -OCH3 is 1. The van der Waals surface area contributed by atoms with E-state index in [0.717, 1.165) is 5.56 Å². The summed E-state index contributed by atoms with van der Waals surface area (Å²) < 4.78 is 6.70. The highest BCUT2D eigenvalue weighted by Crippen LogP contribution is 2.23. The number of aromatic amines is 1. The van der Waals surface area contributed by atoms with Crippen molar-refractivity contribution in [3.63, 3.8) is 0 Å². The van der Waals surface area contributed by atoms with Gasteiger partial charge in [-0.15, -0.1) is 0 Å². The molecule has 3 aromatic rings. The van der Waals surface area contributed by atoms with Gasteiger partial charge in [0.05, 0.1) is 30.6 Å². The fourth-order valence-corrected chi connectivity index (χ4v) is 2.34. The number of hydrogen-bond acceptors (Lipinski definition) is 4. The summed E-state index contributed by atoms with van der Waals surface area (Å²) in [5.74, 6) is 0.185. The zero-order chi connectivity index (χ0) is 16.9. The minimum absolute atomic E-state index is 0.286. The standard InChI is InChI=1S/C16H16ClN5O2/c1-24-9-8-22-7-6-14(21-22)19-16(23)13-10-18-20-15(13)11-2-4-12(17)5-3-11/h2-7,10H,8-9H2,1H3,(H,18,20)(H,19,21,23). The Kier molecular flexibility index (Phi) is 4.93. The number of benzene rings is 1. The van der Waals surface area contributed by atoms with E-state index in [0.29, 0.717) is 35.2 Å². The number of hydrogen-bond donors (Lipinski definition) is 2. The summed E-state index contributed by atoms with van der Waals surface area (Å²) in [6, 6.07) is 8.90. The Bertz CT molecular complexity index is 825. The molecule has 7 nitrogen and oxygen atoms in total. The molecule has 0 unspecified atom stereocenters. The molecule has 8 heteroatoms. The maximum absolute atomic E-state index is 12.5. The molecule has 24 heavy (non-hydrogen) atoms. The van der Waals surface area contributed by atoms with Crippen molar-refractivity contribution < 1.29 is 9.53 Å². The minimum atomic E-state index is -0.286. The van der Waals surface area contributed by atoms with Crippen LogP contribution in [0.5, 0.6) is 0 Å². The first-order chi connectivity index (χ1) is 11.7. The maximum atomic E-state index is 12.5. The number of ether oxygens (including phenoxy) is 1. The molecule has 0 aliphatic rings. The Balaban J connectivity index is 1.75. The first-order valence-corrected chi connectivity index (χ1v) is 7.68. The van der Waals surface area contributed by atoms with Crippen LogP contribution in [0.2, 0.25) is 5.02 Å². The smallest absolute Gasteiger partial charge is 0.260 e. The third kappa shape index (κ3) is 3.64. The second-order valence-corrected chi connectivity index (χ2v) is 5.51. The van der Waals surface area contributed by atoms with Gasteiger partial charge in [-0.1, -0.05) is 23.7 Å². The number of halogens is 1. The summed E-state index contributed by atoms with van der Waals surface area (Å²) in [4.78, 5) is 12.5. The van der Waals surface area contributed by atoms with Crippen LogP contribution in [0.1, 0.15) is 10.4 Å². The van der Waals surface area contributed by atoms with E-state index in [1.807, 2.05) is 12.1 Å². The van der Waals surface area contributed by atoms with Crippen molar-refractivity contribution in [2.75, 3.05) is 19.0 Å². The Hall–Kier alpha value is -2.64. The van der Waals surface area contributed by atoms with E-state index in [9.17, 15) is 4.79 Å². The van der Waals surface area contributed by atoms with Crippen molar-refractivity contribution in [2.45, 2.75) is 6.54 Å². The molecule has 124 valence electrons. The largest absolute Gasteiger partial charge is 0.383 e.